The summed E-state index contributed by atoms with van der Waals surface area (Å²) in [6.07, 6.45) is 0. The number of nitrogens with zero attached hydrogens (tertiary/aromatic N) is 2. The number of thiophene rings is 1. The Kier molecular flexibility index (Phi) is 4.45. The molecular formula is C17H17N3O4S. The first-order valence-corrected chi connectivity index (χ1v) is 8.37. The van der Waals surface area contributed by atoms with Gasteiger partial charge in [0.1, 0.15) is 17.1 Å². The molecule has 0 aliphatic rings. The van der Waals surface area contributed by atoms with E-state index in [1.165, 1.54) is 30.1 Å². The highest BCUT2D eigenvalue weighted by Gasteiger charge is 2.16. The maximum atomic E-state index is 12.5. The number of carbonyl (C=O) groups excluding carboxylic acids is 1. The molecule has 0 unspecified atom stereocenters. The number of para-hydroxylation sites is 2. The first kappa shape index (κ1) is 17.0. The Morgan fingerprint density at radius 3 is 2.72 bits per heavy atom. The highest BCUT2D eigenvalue weighted by Crippen LogP contribution is 2.24. The molecule has 2 aromatic heterocycles. The van der Waals surface area contributed by atoms with Crippen molar-refractivity contribution >= 4 is 33.1 Å². The molecule has 0 saturated carbocycles. The Morgan fingerprint density at radius 2 is 2.00 bits per heavy atom. The first-order valence-electron chi connectivity index (χ1n) is 7.55. The van der Waals surface area contributed by atoms with Gasteiger partial charge >= 0.3 is 5.69 Å². The van der Waals surface area contributed by atoms with Gasteiger partial charge in [-0.2, -0.15) is 0 Å². The lowest BCUT2D eigenvalue weighted by atomic mass is 10.3. The number of hydrogen-bond acceptors (Lipinski definition) is 5. The minimum Gasteiger partial charge on any atom is -0.495 e. The van der Waals surface area contributed by atoms with E-state index in [9.17, 15) is 14.4 Å². The highest BCUT2D eigenvalue weighted by atomic mass is 32.1. The van der Waals surface area contributed by atoms with Gasteiger partial charge in [0.25, 0.3) is 5.56 Å². The zero-order valence-corrected chi connectivity index (χ0v) is 14.8. The number of nitrogens with one attached hydrogen (secondary N) is 1. The highest BCUT2D eigenvalue weighted by molar-refractivity contribution is 7.18. The molecule has 3 rings (SSSR count). The van der Waals surface area contributed by atoms with Crippen molar-refractivity contribution in [2.45, 2.75) is 13.5 Å². The van der Waals surface area contributed by atoms with Crippen molar-refractivity contribution in [2.24, 2.45) is 7.05 Å². The standard InChI is InChI=1S/C17H17N3O4S/c1-10-8-11-15(22)19(2)17(23)20(16(11)25-10)9-14(21)18-12-6-4-5-7-13(12)24-3/h4-8H,9H2,1-3H3,(H,18,21). The second-order valence-corrected chi connectivity index (χ2v) is 6.79. The summed E-state index contributed by atoms with van der Waals surface area (Å²) >= 11 is 1.32. The quantitative estimate of drug-likeness (QED) is 0.769. The fraction of sp³-hybridized carbons (Fsp3) is 0.235. The minimum absolute atomic E-state index is 0.193. The van der Waals surface area contributed by atoms with Gasteiger partial charge in [0.05, 0.1) is 18.2 Å². The predicted molar refractivity (Wildman–Crippen MR) is 97.7 cm³/mol. The van der Waals surface area contributed by atoms with E-state index in [1.807, 2.05) is 6.92 Å². The van der Waals surface area contributed by atoms with Gasteiger partial charge in [-0.25, -0.2) is 4.79 Å². The summed E-state index contributed by atoms with van der Waals surface area (Å²) in [4.78, 5) is 38.5. The number of ether oxygens (including phenoxy) is 1. The molecule has 0 radical (unpaired) electrons. The van der Waals surface area contributed by atoms with E-state index < -0.39 is 5.69 Å². The van der Waals surface area contributed by atoms with Crippen LogP contribution in [0.4, 0.5) is 5.69 Å². The van der Waals surface area contributed by atoms with Crippen LogP contribution in [0.1, 0.15) is 4.88 Å². The number of carbonyl (C=O) groups is 1. The number of rotatable bonds is 4. The van der Waals surface area contributed by atoms with Crippen molar-refractivity contribution in [2.75, 3.05) is 12.4 Å². The number of aryl methyl sites for hydroxylation is 1. The van der Waals surface area contributed by atoms with Crippen LogP contribution in [0.25, 0.3) is 10.2 Å². The lowest BCUT2D eigenvalue weighted by molar-refractivity contribution is -0.116. The van der Waals surface area contributed by atoms with Crippen LogP contribution < -0.4 is 21.3 Å². The molecule has 0 bridgehead atoms. The van der Waals surface area contributed by atoms with Crippen LogP contribution in [-0.4, -0.2) is 22.2 Å². The van der Waals surface area contributed by atoms with Crippen LogP contribution in [0.5, 0.6) is 5.75 Å². The van der Waals surface area contributed by atoms with Gasteiger partial charge in [0.2, 0.25) is 5.91 Å². The molecule has 1 N–H and O–H groups in total. The Balaban J connectivity index is 1.99. The second kappa shape index (κ2) is 6.56. The predicted octanol–water partition coefficient (Wildman–Crippen LogP) is 1.72. The molecule has 1 aromatic carbocycles. The number of fused-ring (bicyclic) bond motifs is 1. The summed E-state index contributed by atoms with van der Waals surface area (Å²) in [6.45, 7) is 1.66. The van der Waals surface area contributed by atoms with E-state index in [0.717, 1.165) is 9.44 Å². The van der Waals surface area contributed by atoms with Crippen LogP contribution in [-0.2, 0) is 18.4 Å². The van der Waals surface area contributed by atoms with Gasteiger partial charge < -0.3 is 10.1 Å². The zero-order valence-electron chi connectivity index (χ0n) is 14.0. The number of benzene rings is 1. The molecule has 0 aliphatic heterocycles. The number of aromatic nitrogens is 2. The van der Waals surface area contributed by atoms with E-state index >= 15 is 0 Å². The summed E-state index contributed by atoms with van der Waals surface area (Å²) < 4.78 is 7.54. The number of anilines is 1. The van der Waals surface area contributed by atoms with Crippen LogP contribution in [0.3, 0.4) is 0 Å². The van der Waals surface area contributed by atoms with Crippen LogP contribution in [0, 0.1) is 6.92 Å². The number of hydrogen-bond donors (Lipinski definition) is 1. The van der Waals surface area contributed by atoms with Crippen molar-refractivity contribution in [1.29, 1.82) is 0 Å². The Bertz CT molecular complexity index is 1080. The van der Waals surface area contributed by atoms with Crippen LogP contribution in [0.15, 0.2) is 39.9 Å². The molecule has 2 heterocycles. The van der Waals surface area contributed by atoms with Gasteiger partial charge in [0.15, 0.2) is 0 Å². The molecule has 25 heavy (non-hydrogen) atoms. The molecule has 0 atom stereocenters. The van der Waals surface area contributed by atoms with E-state index in [4.69, 9.17) is 4.74 Å². The average molecular weight is 359 g/mol. The van der Waals surface area contributed by atoms with Crippen molar-refractivity contribution < 1.29 is 9.53 Å². The van der Waals surface area contributed by atoms with Gasteiger partial charge in [0, 0.05) is 11.9 Å². The maximum absolute atomic E-state index is 12.5. The van der Waals surface area contributed by atoms with Crippen molar-refractivity contribution in [3.63, 3.8) is 0 Å². The largest absolute Gasteiger partial charge is 0.495 e. The topological polar surface area (TPSA) is 82.3 Å². The van der Waals surface area contributed by atoms with Crippen molar-refractivity contribution in [1.82, 2.24) is 9.13 Å². The molecule has 130 valence electrons. The maximum Gasteiger partial charge on any atom is 0.332 e. The molecule has 0 spiro atoms. The lowest BCUT2D eigenvalue weighted by Crippen LogP contribution is -2.39. The van der Waals surface area contributed by atoms with E-state index in [1.54, 1.807) is 30.3 Å². The third-order valence-electron chi connectivity index (χ3n) is 3.82. The summed E-state index contributed by atoms with van der Waals surface area (Å²) in [5.74, 6) is 0.151. The van der Waals surface area contributed by atoms with Gasteiger partial charge in [-0.15, -0.1) is 11.3 Å². The van der Waals surface area contributed by atoms with Crippen LogP contribution >= 0.6 is 11.3 Å². The third kappa shape index (κ3) is 3.08. The second-order valence-electron chi connectivity index (χ2n) is 5.56. The first-order chi connectivity index (χ1) is 11.9. The fourth-order valence-electron chi connectivity index (χ4n) is 2.61. The van der Waals surface area contributed by atoms with Gasteiger partial charge in [-0.05, 0) is 25.1 Å². The molecule has 0 fully saturated rings. The van der Waals surface area contributed by atoms with Crippen molar-refractivity contribution in [3.05, 3.63) is 56.0 Å². The molecule has 3 aromatic rings. The lowest BCUT2D eigenvalue weighted by Gasteiger charge is -2.12. The fourth-order valence-corrected chi connectivity index (χ4v) is 3.60. The molecule has 7 nitrogen and oxygen atoms in total. The van der Waals surface area contributed by atoms with Gasteiger partial charge in [-0.3, -0.25) is 18.7 Å². The van der Waals surface area contributed by atoms with E-state index in [2.05, 4.69) is 5.32 Å². The zero-order chi connectivity index (χ0) is 18.1. The van der Waals surface area contributed by atoms with Crippen LogP contribution in [0.2, 0.25) is 0 Å². The molecule has 0 saturated heterocycles. The van der Waals surface area contributed by atoms with Gasteiger partial charge in [-0.1, -0.05) is 12.1 Å². The summed E-state index contributed by atoms with van der Waals surface area (Å²) in [7, 11) is 2.92. The SMILES string of the molecule is COc1ccccc1NC(=O)Cn1c(=O)n(C)c(=O)c2cc(C)sc21. The smallest absolute Gasteiger partial charge is 0.332 e. The molecule has 8 heteroatoms. The number of methoxy groups -OCH3 is 1. The Morgan fingerprint density at radius 1 is 1.28 bits per heavy atom. The van der Waals surface area contributed by atoms with E-state index in [-0.39, 0.29) is 18.0 Å². The molecular weight excluding hydrogens is 342 g/mol. The van der Waals surface area contributed by atoms with Crippen molar-refractivity contribution in [3.8, 4) is 5.75 Å². The monoisotopic (exact) mass is 359 g/mol. The summed E-state index contributed by atoms with van der Waals surface area (Å²) in [5.41, 5.74) is -0.355. The molecule has 0 aliphatic carbocycles. The third-order valence-corrected chi connectivity index (χ3v) is 4.89. The van der Waals surface area contributed by atoms with E-state index in [0.29, 0.717) is 21.7 Å². The Labute approximate surface area is 147 Å². The number of amides is 1. The molecule has 1 amide bonds. The normalized spacial score (nSPS) is 10.8. The minimum atomic E-state index is -0.519. The Hall–Kier alpha value is -2.87. The average Bonchev–Trinajstić information content (AvgIpc) is 2.99. The summed E-state index contributed by atoms with van der Waals surface area (Å²) in [5, 5.41) is 3.18. The summed E-state index contributed by atoms with van der Waals surface area (Å²) in [6, 6.07) is 8.75.